The standard InChI is InChI=1S/C36H38FN5O5S/c1-36(2,3)47-34(43)40-16-19-13-26(40)30(19)42-25(24-11-10-20-17-46-35(44)41(20)24)14-22-31(42)23-15-38-28(27(37)29(23)39-33(22)48-4)21-9-5-7-18-8-6-12-45-32(18)21/h5,7,9,14-15,19-20,24,26,30H,6,8,10-13,16-17H2,1-4H3/t19-,20+,24?,26-,30+/m1/s1. The van der Waals surface area contributed by atoms with Gasteiger partial charge < -0.3 is 23.7 Å². The van der Waals surface area contributed by atoms with E-state index in [4.69, 9.17) is 24.2 Å². The molecule has 1 aliphatic carbocycles. The van der Waals surface area contributed by atoms with Crippen LogP contribution in [0.5, 0.6) is 5.75 Å². The maximum Gasteiger partial charge on any atom is 0.410 e. The number of hydrogen-bond acceptors (Lipinski definition) is 8. The van der Waals surface area contributed by atoms with E-state index < -0.39 is 11.4 Å². The molecule has 1 unspecified atom stereocenters. The minimum absolute atomic E-state index is 0.0286. The van der Waals surface area contributed by atoms with Crippen molar-refractivity contribution in [2.45, 2.75) is 87.7 Å². The smallest absolute Gasteiger partial charge is 0.410 e. The normalized spacial score (nSPS) is 26.0. The van der Waals surface area contributed by atoms with Gasteiger partial charge in [-0.2, -0.15) is 0 Å². The van der Waals surface area contributed by atoms with E-state index >= 15 is 4.39 Å². The third-order valence-corrected chi connectivity index (χ3v) is 11.5. The number of carbonyl (C=O) groups is 2. The lowest BCUT2D eigenvalue weighted by Gasteiger charge is -2.40. The summed E-state index contributed by atoms with van der Waals surface area (Å²) in [6, 6.07) is 7.61. The Morgan fingerprint density at radius 3 is 2.83 bits per heavy atom. The number of fused-ring (bicyclic) bond motifs is 6. The fourth-order valence-electron chi connectivity index (χ4n) is 8.76. The number of nitrogens with zero attached hydrogens (tertiary/aromatic N) is 5. The number of carbonyl (C=O) groups excluding carboxylic acids is 2. The van der Waals surface area contributed by atoms with Crippen molar-refractivity contribution in [2.24, 2.45) is 5.92 Å². The number of thioether (sulfide) groups is 1. The first-order valence-corrected chi connectivity index (χ1v) is 18.1. The predicted molar refractivity (Wildman–Crippen MR) is 179 cm³/mol. The SMILES string of the molecule is CSc1nc2c(F)c(-c3cccc4c3OCCC4)ncc2c2c1cc(C1CC[C@H]3COC(=O)N13)n2[C@H]1[C@@H]2C[C@H]1N(C(=O)OC(C)(C)C)C2. The maximum atomic E-state index is 16.9. The minimum atomic E-state index is -0.612. The number of benzene rings is 1. The molecule has 10 rings (SSSR count). The van der Waals surface area contributed by atoms with Crippen LogP contribution in [0.25, 0.3) is 33.1 Å². The molecule has 0 radical (unpaired) electrons. The highest BCUT2D eigenvalue weighted by Crippen LogP contribution is 2.55. The number of cyclic esters (lactones) is 1. The molecule has 2 amide bonds. The molecule has 10 nitrogen and oxygen atoms in total. The Morgan fingerprint density at radius 1 is 1.17 bits per heavy atom. The summed E-state index contributed by atoms with van der Waals surface area (Å²) >= 11 is 1.47. The third-order valence-electron chi connectivity index (χ3n) is 10.8. The Hall–Kier alpha value is -4.06. The van der Waals surface area contributed by atoms with E-state index in [0.717, 1.165) is 54.3 Å². The van der Waals surface area contributed by atoms with Crippen LogP contribution in [-0.2, 0) is 15.9 Å². The van der Waals surface area contributed by atoms with Crippen LogP contribution in [0.4, 0.5) is 14.0 Å². The van der Waals surface area contributed by atoms with E-state index in [1.807, 2.05) is 55.0 Å². The average Bonchev–Trinajstić information content (AvgIpc) is 3.88. The number of ether oxygens (including phenoxy) is 3. The highest BCUT2D eigenvalue weighted by Gasteiger charge is 2.57. The minimum Gasteiger partial charge on any atom is -0.493 e. The number of rotatable bonds is 4. The molecular formula is C36H38FN5O5S. The number of pyridine rings is 2. The Labute approximate surface area is 281 Å². The van der Waals surface area contributed by atoms with Crippen LogP contribution in [-0.4, -0.2) is 80.2 Å². The van der Waals surface area contributed by atoms with Gasteiger partial charge in [-0.15, -0.1) is 11.8 Å². The van der Waals surface area contributed by atoms with E-state index in [1.54, 1.807) is 6.20 Å². The van der Waals surface area contributed by atoms with Crippen molar-refractivity contribution >= 4 is 45.8 Å². The quantitative estimate of drug-likeness (QED) is 0.209. The molecule has 48 heavy (non-hydrogen) atoms. The first-order chi connectivity index (χ1) is 23.1. The maximum absolute atomic E-state index is 16.9. The van der Waals surface area contributed by atoms with Gasteiger partial charge in [0.05, 0.1) is 36.3 Å². The van der Waals surface area contributed by atoms with Gasteiger partial charge in [0, 0.05) is 40.7 Å². The van der Waals surface area contributed by atoms with Gasteiger partial charge in [0.2, 0.25) is 0 Å². The van der Waals surface area contributed by atoms with Crippen LogP contribution < -0.4 is 4.74 Å². The zero-order chi connectivity index (χ0) is 33.1. The van der Waals surface area contributed by atoms with Gasteiger partial charge in [-0.05, 0) is 76.8 Å². The molecule has 3 aromatic heterocycles. The van der Waals surface area contributed by atoms with Crippen molar-refractivity contribution in [3.8, 4) is 17.0 Å². The first kappa shape index (κ1) is 30.0. The Bertz CT molecular complexity index is 2030. The van der Waals surface area contributed by atoms with E-state index in [2.05, 4.69) is 10.6 Å². The van der Waals surface area contributed by atoms with Crippen molar-refractivity contribution in [1.29, 1.82) is 0 Å². The Balaban J connectivity index is 1.25. The summed E-state index contributed by atoms with van der Waals surface area (Å²) in [6.07, 6.45) is 7.37. The predicted octanol–water partition coefficient (Wildman–Crippen LogP) is 7.27. The summed E-state index contributed by atoms with van der Waals surface area (Å²) < 4.78 is 36.5. The van der Waals surface area contributed by atoms with Gasteiger partial charge in [0.1, 0.15) is 34.2 Å². The lowest BCUT2D eigenvalue weighted by molar-refractivity contribution is 0.0209. The summed E-state index contributed by atoms with van der Waals surface area (Å²) in [6.45, 7) is 7.19. The fraction of sp³-hybridized carbons (Fsp3) is 0.500. The summed E-state index contributed by atoms with van der Waals surface area (Å²) in [5, 5.41) is 2.20. The van der Waals surface area contributed by atoms with E-state index in [9.17, 15) is 9.59 Å². The van der Waals surface area contributed by atoms with Crippen molar-refractivity contribution < 1.29 is 28.2 Å². The fourth-order valence-corrected chi connectivity index (χ4v) is 9.32. The van der Waals surface area contributed by atoms with Crippen LogP contribution >= 0.6 is 11.8 Å². The Kier molecular flexibility index (Phi) is 6.71. The van der Waals surface area contributed by atoms with Crippen molar-refractivity contribution in [3.05, 3.63) is 47.5 Å². The van der Waals surface area contributed by atoms with E-state index in [0.29, 0.717) is 41.5 Å². The summed E-state index contributed by atoms with van der Waals surface area (Å²) in [4.78, 5) is 39.8. The molecule has 12 heteroatoms. The number of amides is 2. The molecule has 4 saturated heterocycles. The molecule has 4 aromatic rings. The second kappa shape index (κ2) is 10.7. The van der Waals surface area contributed by atoms with Crippen LogP contribution in [0, 0.1) is 11.7 Å². The molecule has 0 N–H and O–H groups in total. The van der Waals surface area contributed by atoms with Crippen LogP contribution in [0.1, 0.15) is 69.8 Å². The number of hydrogen-bond donors (Lipinski definition) is 0. The van der Waals surface area contributed by atoms with Gasteiger partial charge in [-0.25, -0.2) is 19.0 Å². The summed E-state index contributed by atoms with van der Waals surface area (Å²) in [5.41, 5.74) is 3.34. The lowest BCUT2D eigenvalue weighted by atomic mass is 9.79. The highest BCUT2D eigenvalue weighted by molar-refractivity contribution is 7.98. The van der Waals surface area contributed by atoms with Crippen LogP contribution in [0.15, 0.2) is 35.5 Å². The monoisotopic (exact) mass is 671 g/mol. The van der Waals surface area contributed by atoms with Crippen molar-refractivity contribution in [2.75, 3.05) is 26.0 Å². The number of para-hydroxylation sites is 1. The second-order valence-electron chi connectivity index (χ2n) is 14.7. The van der Waals surface area contributed by atoms with Gasteiger partial charge in [0.15, 0.2) is 5.82 Å². The molecule has 0 spiro atoms. The molecule has 2 bridgehead atoms. The number of aromatic nitrogens is 3. The lowest BCUT2D eigenvalue weighted by Crippen LogP contribution is -2.45. The topological polar surface area (TPSA) is 99.0 Å². The molecular weight excluding hydrogens is 633 g/mol. The molecule has 250 valence electrons. The average molecular weight is 672 g/mol. The van der Waals surface area contributed by atoms with Gasteiger partial charge in [-0.3, -0.25) is 9.88 Å². The third kappa shape index (κ3) is 4.36. The number of halogens is 1. The Morgan fingerprint density at radius 2 is 2.02 bits per heavy atom. The van der Waals surface area contributed by atoms with E-state index in [-0.39, 0.29) is 53.5 Å². The van der Waals surface area contributed by atoms with Crippen LogP contribution in [0.2, 0.25) is 0 Å². The zero-order valence-electron chi connectivity index (χ0n) is 27.5. The van der Waals surface area contributed by atoms with Gasteiger partial charge in [0.25, 0.3) is 0 Å². The van der Waals surface area contributed by atoms with Crippen molar-refractivity contribution in [1.82, 2.24) is 24.3 Å². The second-order valence-corrected chi connectivity index (χ2v) is 15.5. The van der Waals surface area contributed by atoms with E-state index in [1.165, 1.54) is 11.8 Å². The molecule has 5 atom stereocenters. The largest absolute Gasteiger partial charge is 0.493 e. The first-order valence-electron chi connectivity index (χ1n) is 16.9. The molecule has 5 aliphatic heterocycles. The van der Waals surface area contributed by atoms with Crippen LogP contribution in [0.3, 0.4) is 0 Å². The van der Waals surface area contributed by atoms with Gasteiger partial charge in [-0.1, -0.05) is 12.1 Å². The van der Waals surface area contributed by atoms with Crippen molar-refractivity contribution in [3.63, 3.8) is 0 Å². The zero-order valence-corrected chi connectivity index (χ0v) is 28.3. The molecule has 6 aliphatic rings. The number of aryl methyl sites for hydroxylation is 1. The molecule has 5 fully saturated rings. The molecule has 8 heterocycles. The highest BCUT2D eigenvalue weighted by atomic mass is 32.2. The molecule has 1 aromatic carbocycles. The summed E-state index contributed by atoms with van der Waals surface area (Å²) in [5.74, 6) is 0.385. The molecule has 1 saturated carbocycles. The van der Waals surface area contributed by atoms with Gasteiger partial charge >= 0.3 is 12.2 Å². The summed E-state index contributed by atoms with van der Waals surface area (Å²) in [7, 11) is 0.